The zero-order chi connectivity index (χ0) is 13.1. The van der Waals surface area contributed by atoms with Gasteiger partial charge in [-0.25, -0.2) is 0 Å². The number of hydrogen-bond donors (Lipinski definition) is 2. The van der Waals surface area contributed by atoms with Crippen molar-refractivity contribution in [1.82, 2.24) is 5.32 Å². The van der Waals surface area contributed by atoms with Crippen molar-refractivity contribution in [1.29, 1.82) is 0 Å². The number of nitrogens with two attached hydrogens (primary N) is 1. The first kappa shape index (κ1) is 13.7. The van der Waals surface area contributed by atoms with E-state index in [1.165, 1.54) is 5.56 Å². The Morgan fingerprint density at radius 2 is 1.88 bits per heavy atom. The molecule has 0 aliphatic carbocycles. The first-order chi connectivity index (χ1) is 7.86. The normalized spacial score (nSPS) is 13.2. The van der Waals surface area contributed by atoms with Crippen molar-refractivity contribution in [3.05, 3.63) is 35.4 Å². The molecule has 17 heavy (non-hydrogen) atoms. The van der Waals surface area contributed by atoms with Crippen LogP contribution in [0.2, 0.25) is 0 Å². The fourth-order valence-electron chi connectivity index (χ4n) is 1.65. The Labute approximate surface area is 103 Å². The second-order valence-electron chi connectivity index (χ2n) is 4.95. The molecular formula is C14H22N2O. The maximum Gasteiger partial charge on any atom is 0.237 e. The summed E-state index contributed by atoms with van der Waals surface area (Å²) in [5.41, 5.74) is 7.54. The van der Waals surface area contributed by atoms with Crippen LogP contribution in [0.25, 0.3) is 0 Å². The minimum atomic E-state index is -0.482. The van der Waals surface area contributed by atoms with E-state index in [0.29, 0.717) is 0 Å². The molecule has 1 aromatic carbocycles. The Balaban J connectivity index is 2.84. The predicted molar refractivity (Wildman–Crippen MR) is 70.6 cm³/mol. The number of carbonyl (C=O) groups excluding carboxylic acids is 1. The molecule has 3 heteroatoms. The highest BCUT2D eigenvalue weighted by atomic mass is 16.2. The van der Waals surface area contributed by atoms with Crippen molar-refractivity contribution in [3.8, 4) is 0 Å². The first-order valence-corrected chi connectivity index (χ1v) is 6.04. The Hall–Kier alpha value is -1.35. The van der Waals surface area contributed by atoms with Crippen molar-refractivity contribution < 1.29 is 4.79 Å². The lowest BCUT2D eigenvalue weighted by Gasteiger charge is -2.28. The largest absolute Gasteiger partial charge is 0.346 e. The van der Waals surface area contributed by atoms with Gasteiger partial charge in [-0.3, -0.25) is 4.79 Å². The Bertz CT molecular complexity index is 380. The number of rotatable bonds is 4. The smallest absolute Gasteiger partial charge is 0.237 e. The van der Waals surface area contributed by atoms with Crippen molar-refractivity contribution in [3.63, 3.8) is 0 Å². The summed E-state index contributed by atoms with van der Waals surface area (Å²) in [5.74, 6) is -0.130. The topological polar surface area (TPSA) is 55.1 Å². The molecular weight excluding hydrogens is 212 g/mol. The lowest BCUT2D eigenvalue weighted by atomic mass is 9.93. The zero-order valence-corrected chi connectivity index (χ0v) is 11.1. The van der Waals surface area contributed by atoms with E-state index in [2.05, 4.69) is 36.5 Å². The number of hydrogen-bond acceptors (Lipinski definition) is 2. The molecule has 1 atom stereocenters. The average molecular weight is 234 g/mol. The highest BCUT2D eigenvalue weighted by Crippen LogP contribution is 2.20. The van der Waals surface area contributed by atoms with Gasteiger partial charge in [0.1, 0.15) is 0 Å². The zero-order valence-electron chi connectivity index (χ0n) is 11.1. The van der Waals surface area contributed by atoms with Crippen LogP contribution in [0.4, 0.5) is 0 Å². The molecule has 0 unspecified atom stereocenters. The number of benzene rings is 1. The Morgan fingerprint density at radius 1 is 1.35 bits per heavy atom. The summed E-state index contributed by atoms with van der Waals surface area (Å²) in [6.07, 6.45) is 1.02. The van der Waals surface area contributed by atoms with Gasteiger partial charge in [0.15, 0.2) is 0 Å². The van der Waals surface area contributed by atoms with Gasteiger partial charge in [0.2, 0.25) is 5.91 Å². The van der Waals surface area contributed by atoms with Crippen LogP contribution < -0.4 is 11.1 Å². The summed E-state index contributed by atoms with van der Waals surface area (Å²) in [5, 5.41) is 2.95. The van der Waals surface area contributed by atoms with Crippen LogP contribution in [0.5, 0.6) is 0 Å². The van der Waals surface area contributed by atoms with Gasteiger partial charge < -0.3 is 11.1 Å². The van der Waals surface area contributed by atoms with Crippen LogP contribution in [0, 0.1) is 0 Å². The number of amides is 1. The Morgan fingerprint density at radius 3 is 2.29 bits per heavy atom. The molecule has 94 valence electrons. The van der Waals surface area contributed by atoms with E-state index in [1.54, 1.807) is 6.92 Å². The van der Waals surface area contributed by atoms with Gasteiger partial charge in [-0.15, -0.1) is 0 Å². The van der Waals surface area contributed by atoms with Crippen molar-refractivity contribution in [2.45, 2.75) is 45.7 Å². The van der Waals surface area contributed by atoms with Crippen LogP contribution in [-0.4, -0.2) is 11.9 Å². The highest BCUT2D eigenvalue weighted by Gasteiger charge is 2.23. The summed E-state index contributed by atoms with van der Waals surface area (Å²) in [7, 11) is 0. The fraction of sp³-hybridized carbons (Fsp3) is 0.500. The molecule has 0 aliphatic heterocycles. The summed E-state index contributed by atoms with van der Waals surface area (Å²) < 4.78 is 0. The molecule has 0 aliphatic rings. The SMILES string of the molecule is CCc1ccc(C(C)(C)NC(=O)[C@H](C)N)cc1. The minimum Gasteiger partial charge on any atom is -0.346 e. The molecule has 1 amide bonds. The third-order valence-electron chi connectivity index (χ3n) is 2.93. The molecule has 0 spiro atoms. The van der Waals surface area contributed by atoms with Gasteiger partial charge >= 0.3 is 0 Å². The molecule has 1 rings (SSSR count). The minimum absolute atomic E-state index is 0.130. The fourth-order valence-corrected chi connectivity index (χ4v) is 1.65. The monoisotopic (exact) mass is 234 g/mol. The summed E-state index contributed by atoms with van der Waals surface area (Å²) in [6.45, 7) is 7.77. The molecule has 0 heterocycles. The van der Waals surface area contributed by atoms with Crippen molar-refractivity contribution >= 4 is 5.91 Å². The van der Waals surface area contributed by atoms with E-state index >= 15 is 0 Å². The van der Waals surface area contributed by atoms with Gasteiger partial charge in [-0.1, -0.05) is 31.2 Å². The molecule has 0 saturated carbocycles. The highest BCUT2D eigenvalue weighted by molar-refractivity contribution is 5.81. The van der Waals surface area contributed by atoms with E-state index in [0.717, 1.165) is 12.0 Å². The average Bonchev–Trinajstić information content (AvgIpc) is 2.28. The number of carbonyl (C=O) groups is 1. The maximum atomic E-state index is 11.6. The number of nitrogens with one attached hydrogen (secondary N) is 1. The maximum absolute atomic E-state index is 11.6. The summed E-state index contributed by atoms with van der Waals surface area (Å²) >= 11 is 0. The standard InChI is InChI=1S/C14H22N2O/c1-5-11-6-8-12(9-7-11)14(3,4)16-13(17)10(2)15/h6-10H,5,15H2,1-4H3,(H,16,17)/t10-/m0/s1. The van der Waals surface area contributed by atoms with Crippen LogP contribution in [0.15, 0.2) is 24.3 Å². The Kier molecular flexibility index (Phi) is 4.29. The number of aryl methyl sites for hydroxylation is 1. The molecule has 0 bridgehead atoms. The molecule has 1 aromatic rings. The molecule has 3 N–H and O–H groups in total. The second kappa shape index (κ2) is 5.32. The van der Waals surface area contributed by atoms with Gasteiger partial charge in [0, 0.05) is 0 Å². The molecule has 3 nitrogen and oxygen atoms in total. The van der Waals surface area contributed by atoms with Crippen LogP contribution in [-0.2, 0) is 16.8 Å². The third-order valence-corrected chi connectivity index (χ3v) is 2.93. The van der Waals surface area contributed by atoms with Crippen LogP contribution in [0.3, 0.4) is 0 Å². The molecule has 0 aromatic heterocycles. The van der Waals surface area contributed by atoms with Gasteiger partial charge in [0.25, 0.3) is 0 Å². The van der Waals surface area contributed by atoms with Crippen molar-refractivity contribution in [2.24, 2.45) is 5.73 Å². The first-order valence-electron chi connectivity index (χ1n) is 6.04. The van der Waals surface area contributed by atoms with E-state index < -0.39 is 11.6 Å². The van der Waals surface area contributed by atoms with E-state index in [1.807, 2.05) is 13.8 Å². The van der Waals surface area contributed by atoms with Crippen LogP contribution >= 0.6 is 0 Å². The third kappa shape index (κ3) is 3.56. The van der Waals surface area contributed by atoms with Gasteiger partial charge in [-0.2, -0.15) is 0 Å². The lowest BCUT2D eigenvalue weighted by Crippen LogP contribution is -2.47. The molecule has 0 radical (unpaired) electrons. The molecule has 0 fully saturated rings. The van der Waals surface area contributed by atoms with Crippen molar-refractivity contribution in [2.75, 3.05) is 0 Å². The van der Waals surface area contributed by atoms with E-state index in [-0.39, 0.29) is 5.91 Å². The quantitative estimate of drug-likeness (QED) is 0.836. The van der Waals surface area contributed by atoms with Gasteiger partial charge in [0.05, 0.1) is 11.6 Å². The summed E-state index contributed by atoms with van der Waals surface area (Å²) in [6, 6.07) is 7.81. The van der Waals surface area contributed by atoms with Crippen LogP contribution in [0.1, 0.15) is 38.8 Å². The van der Waals surface area contributed by atoms with E-state index in [9.17, 15) is 4.79 Å². The lowest BCUT2D eigenvalue weighted by molar-refractivity contribution is -0.123. The van der Waals surface area contributed by atoms with E-state index in [4.69, 9.17) is 5.73 Å². The van der Waals surface area contributed by atoms with Gasteiger partial charge in [-0.05, 0) is 38.3 Å². The summed E-state index contributed by atoms with van der Waals surface area (Å²) in [4.78, 5) is 11.6. The second-order valence-corrected chi connectivity index (χ2v) is 4.95. The predicted octanol–water partition coefficient (Wildman–Crippen LogP) is 1.95. The molecule has 0 saturated heterocycles.